The Kier molecular flexibility index (Phi) is 7.23. The molecule has 3 aromatic rings. The van der Waals surface area contributed by atoms with Gasteiger partial charge in [-0.3, -0.25) is 9.78 Å². The molecule has 5 rings (SSSR count). The summed E-state index contributed by atoms with van der Waals surface area (Å²) in [6.45, 7) is 4.04. The molecule has 168 valence electrons. The van der Waals surface area contributed by atoms with Gasteiger partial charge >= 0.3 is 0 Å². The molecule has 1 amide bonds. The number of nitrogens with zero attached hydrogens (tertiary/aromatic N) is 3. The lowest BCUT2D eigenvalue weighted by Gasteiger charge is -2.40. The van der Waals surface area contributed by atoms with E-state index >= 15 is 0 Å². The van der Waals surface area contributed by atoms with Gasteiger partial charge in [-0.2, -0.15) is 0 Å². The van der Waals surface area contributed by atoms with Crippen molar-refractivity contribution < 1.29 is 4.79 Å². The zero-order valence-electron chi connectivity index (χ0n) is 18.1. The second-order valence-electron chi connectivity index (χ2n) is 8.64. The quantitative estimate of drug-likeness (QED) is 0.538. The van der Waals surface area contributed by atoms with Crippen LogP contribution in [0.1, 0.15) is 19.3 Å². The average molecular weight is 469 g/mol. The minimum atomic E-state index is 0.0958. The highest BCUT2D eigenvalue weighted by Crippen LogP contribution is 2.41. The molecule has 1 spiro atoms. The van der Waals surface area contributed by atoms with Gasteiger partial charge in [0, 0.05) is 54.2 Å². The summed E-state index contributed by atoms with van der Waals surface area (Å²) in [5, 5.41) is 3.10. The number of fused-ring (bicyclic) bond motifs is 1. The molecule has 1 aromatic heterocycles. The van der Waals surface area contributed by atoms with E-state index < -0.39 is 0 Å². The molecule has 0 aliphatic carbocycles. The summed E-state index contributed by atoms with van der Waals surface area (Å²) in [6.07, 6.45) is 7.13. The highest BCUT2D eigenvalue weighted by Gasteiger charge is 2.41. The molecular weight excluding hydrogens is 440 g/mol. The maximum absolute atomic E-state index is 11.7. The van der Waals surface area contributed by atoms with E-state index in [1.54, 1.807) is 0 Å². The summed E-state index contributed by atoms with van der Waals surface area (Å²) in [4.78, 5) is 21.1. The van der Waals surface area contributed by atoms with E-state index in [0.717, 1.165) is 60.7 Å². The fraction of sp³-hybridized carbons (Fsp3) is 0.360. The Morgan fingerprint density at radius 1 is 1.00 bits per heavy atom. The second kappa shape index (κ2) is 10.1. The SMILES string of the molecule is NCC(=O)N1CCC2(CCN(c3ccncc3)CC2)C1.Sc1ccc2cc(Cl)ccc2c1. The van der Waals surface area contributed by atoms with Crippen LogP contribution in [0.4, 0.5) is 5.69 Å². The van der Waals surface area contributed by atoms with Gasteiger partial charge in [-0.25, -0.2) is 0 Å². The van der Waals surface area contributed by atoms with Crippen LogP contribution in [0, 0.1) is 5.41 Å². The van der Waals surface area contributed by atoms with Crippen molar-refractivity contribution in [2.24, 2.45) is 11.1 Å². The van der Waals surface area contributed by atoms with Gasteiger partial charge in [-0.1, -0.05) is 23.7 Å². The molecule has 2 aliphatic rings. The molecule has 5 nitrogen and oxygen atoms in total. The first-order valence-electron chi connectivity index (χ1n) is 11.0. The predicted octanol–water partition coefficient (Wildman–Crippen LogP) is 4.64. The lowest BCUT2D eigenvalue weighted by molar-refractivity contribution is -0.129. The molecular formula is C25H29ClN4OS. The summed E-state index contributed by atoms with van der Waals surface area (Å²) in [5.41, 5.74) is 7.04. The van der Waals surface area contributed by atoms with Crippen molar-refractivity contribution in [2.75, 3.05) is 37.6 Å². The first-order chi connectivity index (χ1) is 15.5. The summed E-state index contributed by atoms with van der Waals surface area (Å²) >= 11 is 10.1. The van der Waals surface area contributed by atoms with E-state index in [2.05, 4.69) is 34.6 Å². The Hall–Kier alpha value is -2.28. The number of amides is 1. The van der Waals surface area contributed by atoms with Gasteiger partial charge in [0.1, 0.15) is 0 Å². The van der Waals surface area contributed by atoms with Gasteiger partial charge in [0.05, 0.1) is 6.54 Å². The van der Waals surface area contributed by atoms with Crippen LogP contribution < -0.4 is 10.6 Å². The van der Waals surface area contributed by atoms with Gasteiger partial charge in [0.25, 0.3) is 0 Å². The fourth-order valence-corrected chi connectivity index (χ4v) is 5.08. The minimum Gasteiger partial charge on any atom is -0.371 e. The third-order valence-electron chi connectivity index (χ3n) is 6.60. The molecule has 2 fully saturated rings. The van der Waals surface area contributed by atoms with Crippen molar-refractivity contribution >= 4 is 46.6 Å². The minimum absolute atomic E-state index is 0.0958. The van der Waals surface area contributed by atoms with Crippen LogP contribution in [0.3, 0.4) is 0 Å². The number of aromatic nitrogens is 1. The molecule has 2 aromatic carbocycles. The zero-order chi connectivity index (χ0) is 22.6. The highest BCUT2D eigenvalue weighted by atomic mass is 35.5. The Balaban J connectivity index is 0.000000174. The maximum Gasteiger partial charge on any atom is 0.236 e. The van der Waals surface area contributed by atoms with E-state index in [-0.39, 0.29) is 12.5 Å². The van der Waals surface area contributed by atoms with E-state index in [4.69, 9.17) is 17.3 Å². The fourth-order valence-electron chi connectivity index (χ4n) is 4.68. The number of rotatable bonds is 2. The van der Waals surface area contributed by atoms with E-state index in [1.165, 1.54) is 11.1 Å². The molecule has 0 atom stereocenters. The number of piperidine rings is 1. The molecule has 32 heavy (non-hydrogen) atoms. The third kappa shape index (κ3) is 5.37. The first-order valence-corrected chi connectivity index (χ1v) is 11.8. The van der Waals surface area contributed by atoms with Gasteiger partial charge in [-0.15, -0.1) is 12.6 Å². The number of carbonyl (C=O) groups excluding carboxylic acids is 1. The topological polar surface area (TPSA) is 62.5 Å². The van der Waals surface area contributed by atoms with Crippen LogP contribution in [-0.4, -0.2) is 48.5 Å². The number of hydrogen-bond acceptors (Lipinski definition) is 5. The molecule has 0 unspecified atom stereocenters. The van der Waals surface area contributed by atoms with E-state index in [1.807, 2.05) is 53.7 Å². The van der Waals surface area contributed by atoms with Crippen LogP contribution in [0.5, 0.6) is 0 Å². The molecule has 0 bridgehead atoms. The summed E-state index contributed by atoms with van der Waals surface area (Å²) in [5.74, 6) is 0.0958. The Bertz CT molecular complexity index is 1030. The van der Waals surface area contributed by atoms with E-state index in [0.29, 0.717) is 5.41 Å². The lowest BCUT2D eigenvalue weighted by Crippen LogP contribution is -2.43. The number of pyridine rings is 1. The molecule has 2 aliphatic heterocycles. The number of carbonyl (C=O) groups is 1. The second-order valence-corrected chi connectivity index (χ2v) is 9.59. The number of nitrogens with two attached hydrogens (primary N) is 1. The third-order valence-corrected chi connectivity index (χ3v) is 7.12. The normalized spacial score (nSPS) is 17.3. The summed E-state index contributed by atoms with van der Waals surface area (Å²) < 4.78 is 0. The van der Waals surface area contributed by atoms with Crippen molar-refractivity contribution in [1.29, 1.82) is 0 Å². The first kappa shape index (κ1) is 22.9. The van der Waals surface area contributed by atoms with Gasteiger partial charge in [-0.05, 0) is 71.8 Å². The van der Waals surface area contributed by atoms with Gasteiger partial charge < -0.3 is 15.5 Å². The van der Waals surface area contributed by atoms with Crippen LogP contribution >= 0.6 is 24.2 Å². The average Bonchev–Trinajstić information content (AvgIpc) is 3.24. The van der Waals surface area contributed by atoms with Crippen molar-refractivity contribution in [1.82, 2.24) is 9.88 Å². The molecule has 0 saturated carbocycles. The van der Waals surface area contributed by atoms with Crippen molar-refractivity contribution in [3.8, 4) is 0 Å². The van der Waals surface area contributed by atoms with Gasteiger partial charge in [0.15, 0.2) is 0 Å². The van der Waals surface area contributed by atoms with Gasteiger partial charge in [0.2, 0.25) is 5.91 Å². The highest BCUT2D eigenvalue weighted by molar-refractivity contribution is 7.80. The smallest absolute Gasteiger partial charge is 0.236 e. The number of anilines is 1. The van der Waals surface area contributed by atoms with Crippen molar-refractivity contribution in [3.63, 3.8) is 0 Å². The predicted molar refractivity (Wildman–Crippen MR) is 135 cm³/mol. The number of benzene rings is 2. The van der Waals surface area contributed by atoms with Crippen LogP contribution in [-0.2, 0) is 4.79 Å². The zero-order valence-corrected chi connectivity index (χ0v) is 19.7. The largest absolute Gasteiger partial charge is 0.371 e. The molecule has 2 saturated heterocycles. The Morgan fingerprint density at radius 3 is 2.38 bits per heavy atom. The number of likely N-dealkylation sites (tertiary alicyclic amines) is 1. The summed E-state index contributed by atoms with van der Waals surface area (Å²) in [6, 6.07) is 16.0. The number of thiol groups is 1. The standard InChI is InChI=1S/C15H22N4O.C10H7ClS/c16-11-14(20)19-10-5-15(12-19)3-8-18(9-4-15)13-1-6-17-7-2-13;11-9-3-1-8-6-10(12)4-2-7(8)5-9/h1-2,6-7H,3-5,8-12,16H2;1-6,12H. The lowest BCUT2D eigenvalue weighted by atomic mass is 9.77. The molecule has 3 heterocycles. The molecule has 7 heteroatoms. The van der Waals surface area contributed by atoms with Crippen LogP contribution in [0.25, 0.3) is 10.8 Å². The monoisotopic (exact) mass is 468 g/mol. The maximum atomic E-state index is 11.7. The Labute approximate surface area is 200 Å². The van der Waals surface area contributed by atoms with Crippen molar-refractivity contribution in [3.05, 3.63) is 65.9 Å². The van der Waals surface area contributed by atoms with Crippen molar-refractivity contribution in [2.45, 2.75) is 24.2 Å². The molecule has 2 N–H and O–H groups in total. The molecule has 0 radical (unpaired) electrons. The van der Waals surface area contributed by atoms with E-state index in [9.17, 15) is 4.79 Å². The number of hydrogen-bond donors (Lipinski definition) is 2. The number of halogens is 1. The summed E-state index contributed by atoms with van der Waals surface area (Å²) in [7, 11) is 0. The Morgan fingerprint density at radius 2 is 1.66 bits per heavy atom. The van der Waals surface area contributed by atoms with Crippen LogP contribution in [0.2, 0.25) is 5.02 Å². The van der Waals surface area contributed by atoms with Crippen LogP contribution in [0.15, 0.2) is 65.8 Å².